The minimum absolute atomic E-state index is 0. The molecule has 0 spiro atoms. The van der Waals surface area contributed by atoms with Crippen LogP contribution in [0.2, 0.25) is 0 Å². The second kappa shape index (κ2) is 9.63. The third kappa shape index (κ3) is 5.59. The van der Waals surface area contributed by atoms with Gasteiger partial charge >= 0.3 is 6.09 Å². The number of rotatable bonds is 7. The summed E-state index contributed by atoms with van der Waals surface area (Å²) in [5.74, 6) is 0.205. The lowest BCUT2D eigenvalue weighted by molar-refractivity contribution is -0.923. The fraction of sp³-hybridized carbons (Fsp3) is 0.588. The van der Waals surface area contributed by atoms with Crippen molar-refractivity contribution >= 4 is 11.8 Å². The van der Waals surface area contributed by atoms with Gasteiger partial charge in [0.2, 0.25) is 0 Å². The molecular formula is C17H29ClN2O3. The summed E-state index contributed by atoms with van der Waals surface area (Å²) >= 11 is 0. The summed E-state index contributed by atoms with van der Waals surface area (Å²) in [7, 11) is 0. The minimum Gasteiger partial charge on any atom is -1.00 e. The summed E-state index contributed by atoms with van der Waals surface area (Å²) in [6, 6.07) is 3.54. The van der Waals surface area contributed by atoms with E-state index in [0.29, 0.717) is 17.9 Å². The summed E-state index contributed by atoms with van der Waals surface area (Å²) in [6.45, 7) is 14.4. The maximum Gasteiger partial charge on any atom is 0.411 e. The fourth-order valence-corrected chi connectivity index (χ4v) is 2.59. The Morgan fingerprint density at radius 3 is 2.26 bits per heavy atom. The van der Waals surface area contributed by atoms with Crippen molar-refractivity contribution in [3.05, 3.63) is 23.3 Å². The lowest BCUT2D eigenvalue weighted by atomic mass is 10.1. The van der Waals surface area contributed by atoms with Crippen LogP contribution >= 0.6 is 0 Å². The number of amides is 1. The van der Waals surface area contributed by atoms with Crippen LogP contribution in [0.5, 0.6) is 5.75 Å². The molecule has 0 bridgehead atoms. The molecule has 0 unspecified atom stereocenters. The first-order valence-corrected chi connectivity index (χ1v) is 7.97. The molecule has 0 radical (unpaired) electrons. The Labute approximate surface area is 145 Å². The molecule has 1 aromatic rings. The van der Waals surface area contributed by atoms with Gasteiger partial charge in [0.1, 0.15) is 18.9 Å². The first-order valence-electron chi connectivity index (χ1n) is 7.97. The largest absolute Gasteiger partial charge is 1.00 e. The molecule has 0 fully saturated rings. The molecule has 1 amide bonds. The average molecular weight is 345 g/mol. The maximum absolute atomic E-state index is 11.9. The number of phenols is 1. The highest BCUT2D eigenvalue weighted by Crippen LogP contribution is 2.28. The van der Waals surface area contributed by atoms with Crippen LogP contribution in [0.1, 0.15) is 31.9 Å². The number of benzene rings is 1. The standard InChI is InChI=1S/C17H28N2O3.ClH/c1-6-19(7-2,8-3)11-12-22-17(21)18-15-10-9-13(4)16(20)14(15)5;/h9-10H,6-8,11-12H2,1-5H3,(H-,18,20,21);1H. The van der Waals surface area contributed by atoms with Crippen LogP contribution in [-0.4, -0.2) is 48.5 Å². The molecule has 0 aliphatic heterocycles. The number of carbonyl (C=O) groups is 1. The van der Waals surface area contributed by atoms with E-state index in [2.05, 4.69) is 26.1 Å². The average Bonchev–Trinajstić information content (AvgIpc) is 2.53. The number of quaternary nitrogens is 1. The molecule has 6 heteroatoms. The number of anilines is 1. The predicted octanol–water partition coefficient (Wildman–Crippen LogP) is 0.438. The lowest BCUT2D eigenvalue weighted by Crippen LogP contribution is -3.00. The highest BCUT2D eigenvalue weighted by atomic mass is 35.5. The lowest BCUT2D eigenvalue weighted by Gasteiger charge is -2.35. The van der Waals surface area contributed by atoms with Crippen molar-refractivity contribution in [3.8, 4) is 5.75 Å². The van der Waals surface area contributed by atoms with Crippen LogP contribution in [0, 0.1) is 13.8 Å². The Bertz CT molecular complexity index is 509. The van der Waals surface area contributed by atoms with Crippen molar-refractivity contribution in [2.24, 2.45) is 0 Å². The molecule has 0 aromatic heterocycles. The first-order chi connectivity index (χ1) is 10.4. The summed E-state index contributed by atoms with van der Waals surface area (Å²) in [5, 5.41) is 12.6. The van der Waals surface area contributed by atoms with Crippen LogP contribution in [0.4, 0.5) is 10.5 Å². The van der Waals surface area contributed by atoms with Crippen LogP contribution in [0.3, 0.4) is 0 Å². The molecule has 0 saturated heterocycles. The van der Waals surface area contributed by atoms with Gasteiger partial charge in [-0.3, -0.25) is 5.32 Å². The SMILES string of the molecule is CC[N+](CC)(CC)CCOC(=O)Nc1ccc(C)c(O)c1C.[Cl-]. The van der Waals surface area contributed by atoms with Crippen LogP contribution in [-0.2, 0) is 4.74 Å². The first kappa shape index (κ1) is 21.5. The van der Waals surface area contributed by atoms with Crippen molar-refractivity contribution in [1.29, 1.82) is 0 Å². The highest BCUT2D eigenvalue weighted by molar-refractivity contribution is 5.86. The molecule has 0 atom stereocenters. The number of aryl methyl sites for hydroxylation is 1. The van der Waals surface area contributed by atoms with Gasteiger partial charge in [-0.05, 0) is 46.2 Å². The van der Waals surface area contributed by atoms with Crippen LogP contribution in [0.25, 0.3) is 0 Å². The number of phenolic OH excluding ortho intramolecular Hbond substituents is 1. The summed E-state index contributed by atoms with van der Waals surface area (Å²) < 4.78 is 6.23. The zero-order valence-electron chi connectivity index (χ0n) is 14.8. The molecule has 1 aromatic carbocycles. The van der Waals surface area contributed by atoms with Crippen molar-refractivity contribution in [1.82, 2.24) is 0 Å². The topological polar surface area (TPSA) is 58.6 Å². The monoisotopic (exact) mass is 344 g/mol. The van der Waals surface area contributed by atoms with E-state index in [4.69, 9.17) is 4.74 Å². The Morgan fingerprint density at radius 1 is 1.17 bits per heavy atom. The van der Waals surface area contributed by atoms with E-state index in [-0.39, 0.29) is 18.2 Å². The molecule has 132 valence electrons. The van der Waals surface area contributed by atoms with Gasteiger partial charge < -0.3 is 26.7 Å². The van der Waals surface area contributed by atoms with Gasteiger partial charge in [0.25, 0.3) is 0 Å². The number of nitrogens with zero attached hydrogens (tertiary/aromatic N) is 1. The van der Waals surface area contributed by atoms with Crippen molar-refractivity contribution < 1.29 is 31.5 Å². The smallest absolute Gasteiger partial charge is 0.411 e. The Hall–Kier alpha value is -1.46. The normalized spacial score (nSPS) is 10.8. The van der Waals surface area contributed by atoms with Gasteiger partial charge in [0, 0.05) is 5.56 Å². The van der Waals surface area contributed by atoms with E-state index in [0.717, 1.165) is 36.2 Å². The molecule has 5 nitrogen and oxygen atoms in total. The van der Waals surface area contributed by atoms with E-state index < -0.39 is 6.09 Å². The molecule has 2 N–H and O–H groups in total. The van der Waals surface area contributed by atoms with Gasteiger partial charge in [-0.1, -0.05) is 6.07 Å². The number of ether oxygens (including phenoxy) is 1. The fourth-order valence-electron chi connectivity index (χ4n) is 2.59. The van der Waals surface area contributed by atoms with E-state index in [1.807, 2.05) is 6.92 Å². The molecule has 0 heterocycles. The Kier molecular flexibility index (Phi) is 9.02. The second-order valence-electron chi connectivity index (χ2n) is 5.68. The maximum atomic E-state index is 11.9. The second-order valence-corrected chi connectivity index (χ2v) is 5.68. The number of nitrogens with one attached hydrogen (secondary N) is 1. The molecule has 0 aliphatic rings. The van der Waals surface area contributed by atoms with Gasteiger partial charge in [-0.2, -0.15) is 0 Å². The third-order valence-electron chi connectivity index (χ3n) is 4.68. The van der Waals surface area contributed by atoms with Gasteiger partial charge in [0.15, 0.2) is 0 Å². The molecule has 23 heavy (non-hydrogen) atoms. The Balaban J connectivity index is 0.00000484. The zero-order chi connectivity index (χ0) is 16.8. The minimum atomic E-state index is -0.479. The third-order valence-corrected chi connectivity index (χ3v) is 4.68. The molecule has 0 saturated carbocycles. The van der Waals surface area contributed by atoms with E-state index in [1.165, 1.54) is 0 Å². The van der Waals surface area contributed by atoms with E-state index in [1.54, 1.807) is 19.1 Å². The van der Waals surface area contributed by atoms with Crippen molar-refractivity contribution in [3.63, 3.8) is 0 Å². The van der Waals surface area contributed by atoms with Gasteiger partial charge in [-0.15, -0.1) is 0 Å². The van der Waals surface area contributed by atoms with Crippen molar-refractivity contribution in [2.45, 2.75) is 34.6 Å². The quantitative estimate of drug-likeness (QED) is 0.706. The molecule has 1 rings (SSSR count). The number of aromatic hydroxyl groups is 1. The van der Waals surface area contributed by atoms with Gasteiger partial charge in [-0.25, -0.2) is 4.79 Å². The molecular weight excluding hydrogens is 316 g/mol. The number of carbonyl (C=O) groups excluding carboxylic acids is 1. The summed E-state index contributed by atoms with van der Waals surface area (Å²) in [6.07, 6.45) is -0.479. The van der Waals surface area contributed by atoms with Crippen LogP contribution in [0.15, 0.2) is 12.1 Å². The van der Waals surface area contributed by atoms with E-state index in [9.17, 15) is 9.90 Å². The number of halogens is 1. The highest BCUT2D eigenvalue weighted by Gasteiger charge is 2.21. The number of hydrogen-bond donors (Lipinski definition) is 2. The van der Waals surface area contributed by atoms with Crippen molar-refractivity contribution in [2.75, 3.05) is 38.1 Å². The molecule has 0 aliphatic carbocycles. The van der Waals surface area contributed by atoms with Crippen LogP contribution < -0.4 is 17.7 Å². The summed E-state index contributed by atoms with van der Waals surface area (Å²) in [5.41, 5.74) is 2.01. The number of hydrogen-bond acceptors (Lipinski definition) is 3. The van der Waals surface area contributed by atoms with E-state index >= 15 is 0 Å². The number of likely N-dealkylation sites (N-methyl/N-ethyl adjacent to an activating group) is 1. The van der Waals surface area contributed by atoms with Gasteiger partial charge in [0.05, 0.1) is 25.3 Å². The summed E-state index contributed by atoms with van der Waals surface area (Å²) in [4.78, 5) is 11.9. The Morgan fingerprint density at radius 2 is 1.74 bits per heavy atom. The zero-order valence-corrected chi connectivity index (χ0v) is 15.5. The predicted molar refractivity (Wildman–Crippen MR) is 89.3 cm³/mol.